The van der Waals surface area contributed by atoms with Gasteiger partial charge in [0.05, 0.1) is 4.90 Å². The molecule has 2 aromatic rings. The molecule has 1 heterocycles. The van der Waals surface area contributed by atoms with Crippen LogP contribution in [0.1, 0.15) is 36.7 Å². The van der Waals surface area contributed by atoms with Gasteiger partial charge in [-0.2, -0.15) is 0 Å². The molecular weight excluding hydrogens is 348 g/mol. The number of carbonyl (C=O) groups excluding carboxylic acids is 1. The van der Waals surface area contributed by atoms with E-state index in [2.05, 4.69) is 4.72 Å². The number of hydrogen-bond donors (Lipinski definition) is 1. The second kappa shape index (κ2) is 7.21. The predicted molar refractivity (Wildman–Crippen MR) is 103 cm³/mol. The molecule has 0 unspecified atom stereocenters. The Labute approximate surface area is 155 Å². The average molecular weight is 372 g/mol. The first kappa shape index (κ1) is 18.6. The number of fused-ring (bicyclic) bond motifs is 1. The first-order valence-electron chi connectivity index (χ1n) is 8.81. The van der Waals surface area contributed by atoms with Crippen molar-refractivity contribution in [2.75, 3.05) is 11.4 Å². The Kier molecular flexibility index (Phi) is 5.16. The van der Waals surface area contributed by atoms with Crippen molar-refractivity contribution in [2.45, 2.75) is 38.1 Å². The third-order valence-electron chi connectivity index (χ3n) is 4.50. The SMILES string of the molecule is CC(C)CNS(=O)(=O)c1ccc2c(c1)C[C@H](C)N2C(=O)c1ccccc1. The van der Waals surface area contributed by atoms with E-state index in [0.29, 0.717) is 18.5 Å². The van der Waals surface area contributed by atoms with Gasteiger partial charge in [0.1, 0.15) is 0 Å². The molecule has 1 atom stereocenters. The maximum Gasteiger partial charge on any atom is 0.258 e. The molecule has 26 heavy (non-hydrogen) atoms. The van der Waals surface area contributed by atoms with Crippen molar-refractivity contribution in [1.29, 1.82) is 0 Å². The Morgan fingerprint density at radius 3 is 2.54 bits per heavy atom. The molecular formula is C20H24N2O3S. The Hall–Kier alpha value is -2.18. The lowest BCUT2D eigenvalue weighted by Gasteiger charge is -2.23. The minimum Gasteiger partial charge on any atom is -0.305 e. The lowest BCUT2D eigenvalue weighted by Crippen LogP contribution is -2.35. The molecule has 1 aliphatic rings. The smallest absolute Gasteiger partial charge is 0.258 e. The zero-order valence-corrected chi connectivity index (χ0v) is 16.1. The van der Waals surface area contributed by atoms with Crippen molar-refractivity contribution >= 4 is 21.6 Å². The summed E-state index contributed by atoms with van der Waals surface area (Å²) < 4.78 is 27.6. The van der Waals surface area contributed by atoms with Crippen LogP contribution in [0.4, 0.5) is 5.69 Å². The van der Waals surface area contributed by atoms with E-state index in [4.69, 9.17) is 0 Å². The van der Waals surface area contributed by atoms with Crippen molar-refractivity contribution < 1.29 is 13.2 Å². The molecule has 2 aromatic carbocycles. The molecule has 0 saturated carbocycles. The summed E-state index contributed by atoms with van der Waals surface area (Å²) in [6.07, 6.45) is 0.640. The fourth-order valence-electron chi connectivity index (χ4n) is 3.16. The normalized spacial score (nSPS) is 16.8. The molecule has 0 spiro atoms. The van der Waals surface area contributed by atoms with Gasteiger partial charge < -0.3 is 4.90 Å². The molecule has 0 aromatic heterocycles. The van der Waals surface area contributed by atoms with Crippen LogP contribution in [0.5, 0.6) is 0 Å². The number of sulfonamides is 1. The Balaban J connectivity index is 1.90. The van der Waals surface area contributed by atoms with Crippen LogP contribution in [0.15, 0.2) is 53.4 Å². The molecule has 0 aliphatic carbocycles. The molecule has 0 fully saturated rings. The highest BCUT2D eigenvalue weighted by molar-refractivity contribution is 7.89. The van der Waals surface area contributed by atoms with Gasteiger partial charge in [-0.1, -0.05) is 32.0 Å². The number of carbonyl (C=O) groups is 1. The van der Waals surface area contributed by atoms with E-state index in [1.54, 1.807) is 35.2 Å². The summed E-state index contributed by atoms with van der Waals surface area (Å²) in [5, 5.41) is 0. The van der Waals surface area contributed by atoms with Gasteiger partial charge in [0.25, 0.3) is 5.91 Å². The molecule has 1 N–H and O–H groups in total. The lowest BCUT2D eigenvalue weighted by molar-refractivity contribution is 0.0981. The number of hydrogen-bond acceptors (Lipinski definition) is 3. The van der Waals surface area contributed by atoms with E-state index >= 15 is 0 Å². The summed E-state index contributed by atoms with van der Waals surface area (Å²) in [5.74, 6) is 0.170. The fourth-order valence-corrected chi connectivity index (χ4v) is 4.43. The second-order valence-corrected chi connectivity index (χ2v) is 8.90. The molecule has 1 aliphatic heterocycles. The van der Waals surface area contributed by atoms with E-state index in [0.717, 1.165) is 11.3 Å². The van der Waals surface area contributed by atoms with Gasteiger partial charge in [-0.05, 0) is 55.2 Å². The highest BCUT2D eigenvalue weighted by atomic mass is 32.2. The molecule has 0 radical (unpaired) electrons. The third-order valence-corrected chi connectivity index (χ3v) is 5.92. The first-order valence-corrected chi connectivity index (χ1v) is 10.3. The monoisotopic (exact) mass is 372 g/mol. The number of nitrogens with one attached hydrogen (secondary N) is 1. The maximum atomic E-state index is 12.9. The molecule has 3 rings (SSSR count). The second-order valence-electron chi connectivity index (χ2n) is 7.13. The summed E-state index contributed by atoms with van der Waals surface area (Å²) in [5.41, 5.74) is 2.30. The molecule has 5 nitrogen and oxygen atoms in total. The van der Waals surface area contributed by atoms with Crippen molar-refractivity contribution in [2.24, 2.45) is 5.92 Å². The summed E-state index contributed by atoms with van der Waals surface area (Å²) in [6.45, 7) is 6.29. The summed E-state index contributed by atoms with van der Waals surface area (Å²) >= 11 is 0. The van der Waals surface area contributed by atoms with Crippen molar-refractivity contribution in [3.05, 3.63) is 59.7 Å². The van der Waals surface area contributed by atoms with Crippen LogP contribution in [-0.4, -0.2) is 26.9 Å². The number of amides is 1. The Morgan fingerprint density at radius 2 is 1.88 bits per heavy atom. The van der Waals surface area contributed by atoms with E-state index in [1.807, 2.05) is 39.0 Å². The van der Waals surface area contributed by atoms with Crippen LogP contribution in [-0.2, 0) is 16.4 Å². The minimum absolute atomic E-state index is 0.0146. The van der Waals surface area contributed by atoms with Gasteiger partial charge in [0.2, 0.25) is 10.0 Å². The standard InChI is InChI=1S/C20H24N2O3S/c1-14(2)13-21-26(24,25)18-9-10-19-17(12-18)11-15(3)22(19)20(23)16-7-5-4-6-8-16/h4-10,12,14-15,21H,11,13H2,1-3H3/t15-/m0/s1. The van der Waals surface area contributed by atoms with E-state index < -0.39 is 10.0 Å². The molecule has 138 valence electrons. The summed E-state index contributed by atoms with van der Waals surface area (Å²) in [4.78, 5) is 14.9. The van der Waals surface area contributed by atoms with Gasteiger partial charge in [-0.25, -0.2) is 13.1 Å². The average Bonchev–Trinajstić information content (AvgIpc) is 2.95. The first-order chi connectivity index (χ1) is 12.3. The number of nitrogens with zero attached hydrogens (tertiary/aromatic N) is 1. The number of rotatable bonds is 5. The van der Waals surface area contributed by atoms with Crippen molar-refractivity contribution in [3.8, 4) is 0 Å². The lowest BCUT2D eigenvalue weighted by atomic mass is 10.1. The van der Waals surface area contributed by atoms with Crippen LogP contribution >= 0.6 is 0 Å². The third kappa shape index (κ3) is 3.66. The van der Waals surface area contributed by atoms with Crippen molar-refractivity contribution in [3.63, 3.8) is 0 Å². The van der Waals surface area contributed by atoms with Gasteiger partial charge in [0.15, 0.2) is 0 Å². The number of anilines is 1. The molecule has 0 bridgehead atoms. The van der Waals surface area contributed by atoms with E-state index in [-0.39, 0.29) is 22.8 Å². The molecule has 1 amide bonds. The quantitative estimate of drug-likeness (QED) is 0.876. The maximum absolute atomic E-state index is 12.9. The van der Waals surface area contributed by atoms with Crippen LogP contribution in [0.25, 0.3) is 0 Å². The van der Waals surface area contributed by atoms with Crippen LogP contribution in [0.3, 0.4) is 0 Å². The van der Waals surface area contributed by atoms with E-state index in [9.17, 15) is 13.2 Å². The van der Waals surface area contributed by atoms with Gasteiger partial charge in [-0.3, -0.25) is 4.79 Å². The number of benzene rings is 2. The topological polar surface area (TPSA) is 66.5 Å². The summed E-state index contributed by atoms with van der Waals surface area (Å²) in [6, 6.07) is 14.1. The van der Waals surface area contributed by atoms with Crippen LogP contribution in [0.2, 0.25) is 0 Å². The Bertz CT molecular complexity index is 908. The zero-order chi connectivity index (χ0) is 18.9. The minimum atomic E-state index is -3.54. The highest BCUT2D eigenvalue weighted by Crippen LogP contribution is 2.35. The van der Waals surface area contributed by atoms with Crippen LogP contribution in [0, 0.1) is 5.92 Å². The van der Waals surface area contributed by atoms with Gasteiger partial charge in [0, 0.05) is 23.8 Å². The van der Waals surface area contributed by atoms with Crippen molar-refractivity contribution in [1.82, 2.24) is 4.72 Å². The van der Waals surface area contributed by atoms with Crippen LogP contribution < -0.4 is 9.62 Å². The largest absolute Gasteiger partial charge is 0.305 e. The Morgan fingerprint density at radius 1 is 1.19 bits per heavy atom. The molecule has 0 saturated heterocycles. The van der Waals surface area contributed by atoms with E-state index in [1.165, 1.54) is 0 Å². The summed E-state index contributed by atoms with van der Waals surface area (Å²) in [7, 11) is -3.54. The zero-order valence-electron chi connectivity index (χ0n) is 15.3. The van der Waals surface area contributed by atoms with Gasteiger partial charge >= 0.3 is 0 Å². The van der Waals surface area contributed by atoms with Gasteiger partial charge in [-0.15, -0.1) is 0 Å². The fraction of sp³-hybridized carbons (Fsp3) is 0.350. The highest BCUT2D eigenvalue weighted by Gasteiger charge is 2.32. The predicted octanol–water partition coefficient (Wildman–Crippen LogP) is 3.21. The molecule has 6 heteroatoms.